The number of nitrogens with one attached hydrogen (secondary N) is 3. The monoisotopic (exact) mass is 668 g/mol. The molecule has 0 radical (unpaired) electrons. The quantitative estimate of drug-likeness (QED) is 0.138. The van der Waals surface area contributed by atoms with Gasteiger partial charge in [0.25, 0.3) is 0 Å². The second kappa shape index (κ2) is 15.4. The van der Waals surface area contributed by atoms with E-state index in [-0.39, 0.29) is 0 Å². The van der Waals surface area contributed by atoms with E-state index in [9.17, 15) is 0 Å². The van der Waals surface area contributed by atoms with Crippen molar-refractivity contribution in [3.63, 3.8) is 0 Å². The van der Waals surface area contributed by atoms with E-state index in [0.29, 0.717) is 23.1 Å². The van der Waals surface area contributed by atoms with Crippen LogP contribution in [0.2, 0.25) is 0 Å². The molecule has 0 aliphatic carbocycles. The third-order valence-corrected chi connectivity index (χ3v) is 10.0. The van der Waals surface area contributed by atoms with Crippen LogP contribution in [0.1, 0.15) is 44.7 Å². The Morgan fingerprint density at radius 3 is 2.48 bits per heavy atom. The summed E-state index contributed by atoms with van der Waals surface area (Å²) in [4.78, 5) is 26.3. The normalized spacial score (nSPS) is 16.3. The van der Waals surface area contributed by atoms with Crippen molar-refractivity contribution in [2.75, 3.05) is 73.7 Å². The van der Waals surface area contributed by atoms with Gasteiger partial charge in [0.05, 0.1) is 29.7 Å². The summed E-state index contributed by atoms with van der Waals surface area (Å²) in [5.41, 5.74) is 7.40. The van der Waals surface area contributed by atoms with Crippen LogP contribution >= 0.6 is 11.9 Å². The van der Waals surface area contributed by atoms with Crippen molar-refractivity contribution in [2.45, 2.75) is 51.3 Å². The number of fused-ring (bicyclic) bond motifs is 1. The molecule has 0 saturated carbocycles. The van der Waals surface area contributed by atoms with Gasteiger partial charge < -0.3 is 29.9 Å². The lowest BCUT2D eigenvalue weighted by molar-refractivity contribution is 0.0982. The molecule has 4 aromatic rings. The lowest BCUT2D eigenvalue weighted by Crippen LogP contribution is -2.52. The van der Waals surface area contributed by atoms with Crippen molar-refractivity contribution in [3.05, 3.63) is 60.6 Å². The van der Waals surface area contributed by atoms with Crippen LogP contribution in [0.5, 0.6) is 5.75 Å². The molecular weight excluding hydrogens is 621 g/mol. The molecule has 0 amide bonds. The Morgan fingerprint density at radius 2 is 1.77 bits per heavy atom. The number of hydrogen-bond donors (Lipinski definition) is 3. The Labute approximate surface area is 288 Å². The number of piperazine rings is 1. The average Bonchev–Trinajstić information content (AvgIpc) is 3.11. The molecule has 12 heteroatoms. The number of methoxy groups -OCH3 is 1. The minimum Gasteiger partial charge on any atom is -0.494 e. The molecule has 2 saturated heterocycles. The number of likely N-dealkylation sites (N-methyl/N-ethyl adjacent to an activating group) is 1. The Kier molecular flexibility index (Phi) is 10.8. The third kappa shape index (κ3) is 7.61. The van der Waals surface area contributed by atoms with Gasteiger partial charge >= 0.3 is 0 Å². The molecule has 6 rings (SSSR count). The maximum absolute atomic E-state index is 5.94. The smallest absolute Gasteiger partial charge is 0.229 e. The van der Waals surface area contributed by atoms with Crippen LogP contribution in [0, 0.1) is 0 Å². The summed E-state index contributed by atoms with van der Waals surface area (Å²) in [6, 6.07) is 8.98. The van der Waals surface area contributed by atoms with E-state index in [4.69, 9.17) is 9.72 Å². The minimum atomic E-state index is 0.367. The second-order valence-corrected chi connectivity index (χ2v) is 14.1. The van der Waals surface area contributed by atoms with Crippen LogP contribution in [-0.2, 0) is 6.42 Å². The van der Waals surface area contributed by atoms with E-state index < -0.39 is 0 Å². The van der Waals surface area contributed by atoms with Gasteiger partial charge in [-0.05, 0) is 62.0 Å². The molecule has 3 N–H and O–H groups in total. The predicted molar refractivity (Wildman–Crippen MR) is 201 cm³/mol. The van der Waals surface area contributed by atoms with Crippen LogP contribution < -0.4 is 25.0 Å². The molecule has 0 spiro atoms. The molecule has 2 aliphatic rings. The first-order valence-electron chi connectivity index (χ1n) is 16.9. The van der Waals surface area contributed by atoms with Crippen molar-refractivity contribution in [2.24, 2.45) is 0 Å². The standard InChI is InChI=1S/C36H48N10OS/c1-7-25-21-30(32(47-6)22-31(25)46-15-11-27(12-16-46)45-19-17-44(5)18-20-45)41-36-39-23-26(8-2)35(42-36)40-29-10-9-28-33(38-14-13-37-28)34(29)43-48-24(3)4/h8-10,13-14,21-24,27,43H,2,7,11-12,15-20H2,1,3-6H3,(H2,39,40,41,42). The second-order valence-electron chi connectivity index (χ2n) is 12.7. The molecule has 4 heterocycles. The SMILES string of the molecule is C=Cc1cnc(Nc2cc(CC)c(N3CCC(N4CCN(C)CC4)CC3)cc2OC)nc1Nc1ccc2nccnc2c1NSC(C)C. The maximum Gasteiger partial charge on any atom is 0.229 e. The highest BCUT2D eigenvalue weighted by Crippen LogP contribution is 2.38. The zero-order valence-corrected chi connectivity index (χ0v) is 29.6. The first-order valence-corrected chi connectivity index (χ1v) is 17.8. The van der Waals surface area contributed by atoms with Crippen molar-refractivity contribution in [1.82, 2.24) is 29.7 Å². The highest BCUT2D eigenvalue weighted by atomic mass is 32.2. The summed E-state index contributed by atoms with van der Waals surface area (Å²) in [6.45, 7) is 17.3. The van der Waals surface area contributed by atoms with E-state index in [1.54, 1.807) is 43.7 Å². The summed E-state index contributed by atoms with van der Waals surface area (Å²) in [6.07, 6.45) is 10.2. The topological polar surface area (TPSA) is 107 Å². The molecule has 2 aromatic carbocycles. The highest BCUT2D eigenvalue weighted by Gasteiger charge is 2.28. The van der Waals surface area contributed by atoms with Crippen molar-refractivity contribution < 1.29 is 4.74 Å². The molecule has 2 fully saturated rings. The summed E-state index contributed by atoms with van der Waals surface area (Å²) in [5, 5.41) is 7.34. The lowest BCUT2D eigenvalue weighted by Gasteiger charge is -2.43. The summed E-state index contributed by atoms with van der Waals surface area (Å²) < 4.78 is 9.43. The molecule has 48 heavy (non-hydrogen) atoms. The van der Waals surface area contributed by atoms with Gasteiger partial charge in [0.2, 0.25) is 5.95 Å². The van der Waals surface area contributed by atoms with E-state index in [0.717, 1.165) is 72.0 Å². The number of ether oxygens (including phenoxy) is 1. The zero-order chi connectivity index (χ0) is 33.6. The van der Waals surface area contributed by atoms with Crippen molar-refractivity contribution >= 4 is 63.6 Å². The Morgan fingerprint density at radius 1 is 1.00 bits per heavy atom. The summed E-state index contributed by atoms with van der Waals surface area (Å²) in [7, 11) is 3.94. The first-order chi connectivity index (χ1) is 23.4. The number of piperidine rings is 1. The van der Waals surface area contributed by atoms with Gasteiger partial charge in [-0.1, -0.05) is 33.4 Å². The molecule has 2 aliphatic heterocycles. The van der Waals surface area contributed by atoms with E-state index in [1.165, 1.54) is 37.2 Å². The van der Waals surface area contributed by atoms with Gasteiger partial charge in [-0.2, -0.15) is 4.98 Å². The number of anilines is 6. The Balaban J connectivity index is 1.23. The van der Waals surface area contributed by atoms with Gasteiger partial charge in [0, 0.05) is 86.5 Å². The van der Waals surface area contributed by atoms with Gasteiger partial charge in [-0.3, -0.25) is 14.9 Å². The van der Waals surface area contributed by atoms with Crippen molar-refractivity contribution in [3.8, 4) is 5.75 Å². The molecule has 0 atom stereocenters. The summed E-state index contributed by atoms with van der Waals surface area (Å²) in [5.74, 6) is 1.84. The van der Waals surface area contributed by atoms with Crippen molar-refractivity contribution in [1.29, 1.82) is 0 Å². The fourth-order valence-corrected chi connectivity index (χ4v) is 7.05. The maximum atomic E-state index is 5.94. The number of nitrogens with zero attached hydrogens (tertiary/aromatic N) is 7. The largest absolute Gasteiger partial charge is 0.494 e. The fourth-order valence-electron chi connectivity index (χ4n) is 6.49. The fraction of sp³-hybridized carbons (Fsp3) is 0.444. The Bertz CT molecular complexity index is 1720. The van der Waals surface area contributed by atoms with Crippen LogP contribution in [0.15, 0.2) is 49.4 Å². The number of benzene rings is 2. The third-order valence-electron chi connectivity index (χ3n) is 9.21. The molecule has 2 aromatic heterocycles. The minimum absolute atomic E-state index is 0.367. The van der Waals surface area contributed by atoms with Crippen LogP contribution in [0.4, 0.5) is 34.5 Å². The number of aryl methyl sites for hydroxylation is 1. The zero-order valence-electron chi connectivity index (χ0n) is 28.8. The molecule has 0 unspecified atom stereocenters. The number of hydrogen-bond acceptors (Lipinski definition) is 12. The number of aromatic nitrogens is 4. The van der Waals surface area contributed by atoms with Gasteiger partial charge in [0.15, 0.2) is 0 Å². The van der Waals surface area contributed by atoms with Gasteiger partial charge in [0.1, 0.15) is 17.1 Å². The van der Waals surface area contributed by atoms with Crippen LogP contribution in [-0.4, -0.2) is 94.5 Å². The Hall–Kier alpha value is -4.13. The molecular formula is C36H48N10OS. The summed E-state index contributed by atoms with van der Waals surface area (Å²) >= 11 is 1.62. The lowest BCUT2D eigenvalue weighted by atomic mass is 9.99. The van der Waals surface area contributed by atoms with Crippen LogP contribution in [0.3, 0.4) is 0 Å². The highest BCUT2D eigenvalue weighted by molar-refractivity contribution is 8.01. The van der Waals surface area contributed by atoms with E-state index in [2.05, 4.69) is 91.5 Å². The molecule has 11 nitrogen and oxygen atoms in total. The average molecular weight is 669 g/mol. The van der Waals surface area contributed by atoms with E-state index in [1.807, 2.05) is 12.1 Å². The number of rotatable bonds is 12. The predicted octanol–water partition coefficient (Wildman–Crippen LogP) is 6.81. The molecule has 0 bridgehead atoms. The first kappa shape index (κ1) is 33.8. The van der Waals surface area contributed by atoms with Crippen LogP contribution in [0.25, 0.3) is 17.1 Å². The van der Waals surface area contributed by atoms with E-state index >= 15 is 0 Å². The molecule has 254 valence electrons. The van der Waals surface area contributed by atoms with Gasteiger partial charge in [-0.25, -0.2) is 4.98 Å². The van der Waals surface area contributed by atoms with Gasteiger partial charge in [-0.15, -0.1) is 0 Å².